The molecular formula is C24H31N3O2. The Morgan fingerprint density at radius 1 is 1.10 bits per heavy atom. The minimum atomic E-state index is -0.264. The topological polar surface area (TPSA) is 71.1 Å². The molecule has 154 valence electrons. The highest BCUT2D eigenvalue weighted by Gasteiger charge is 2.15. The van der Waals surface area contributed by atoms with Gasteiger partial charge in [-0.2, -0.15) is 0 Å². The largest absolute Gasteiger partial charge is 0.354 e. The van der Waals surface area contributed by atoms with Crippen LogP contribution in [0.2, 0.25) is 0 Å². The molecular weight excluding hydrogens is 362 g/mol. The Balaban J connectivity index is 1.63. The Morgan fingerprint density at radius 2 is 1.86 bits per heavy atom. The number of piperidine rings is 1. The molecule has 2 N–H and O–H groups in total. The first-order valence-corrected chi connectivity index (χ1v) is 10.7. The third kappa shape index (κ3) is 6.50. The zero-order chi connectivity index (χ0) is 20.5. The molecule has 5 nitrogen and oxygen atoms in total. The van der Waals surface area contributed by atoms with E-state index in [0.717, 1.165) is 43.1 Å². The molecule has 1 aromatic carbocycles. The zero-order valence-corrected chi connectivity index (χ0v) is 17.2. The number of pyridine rings is 1. The van der Waals surface area contributed by atoms with Gasteiger partial charge in [0.1, 0.15) is 5.69 Å². The molecule has 29 heavy (non-hydrogen) atoms. The molecule has 1 saturated heterocycles. The Bertz CT molecular complexity index is 814. The maximum atomic E-state index is 12.8. The van der Waals surface area contributed by atoms with Crippen molar-refractivity contribution in [2.45, 2.75) is 44.9 Å². The first-order valence-electron chi connectivity index (χ1n) is 10.7. The van der Waals surface area contributed by atoms with Gasteiger partial charge in [-0.15, -0.1) is 0 Å². The van der Waals surface area contributed by atoms with Crippen molar-refractivity contribution in [2.75, 3.05) is 20.1 Å². The maximum absolute atomic E-state index is 12.8. The van der Waals surface area contributed by atoms with Gasteiger partial charge in [-0.1, -0.05) is 43.2 Å². The second-order valence-electron chi connectivity index (χ2n) is 7.84. The molecule has 0 spiro atoms. The Kier molecular flexibility index (Phi) is 7.94. The molecule has 0 atom stereocenters. The molecule has 0 bridgehead atoms. The van der Waals surface area contributed by atoms with Crippen molar-refractivity contribution in [3.8, 4) is 0 Å². The van der Waals surface area contributed by atoms with E-state index in [1.54, 1.807) is 13.1 Å². The molecule has 2 aromatic rings. The van der Waals surface area contributed by atoms with Crippen molar-refractivity contribution in [3.63, 3.8) is 0 Å². The summed E-state index contributed by atoms with van der Waals surface area (Å²) >= 11 is 0. The summed E-state index contributed by atoms with van der Waals surface area (Å²) in [5, 5.41) is 6.00. The lowest BCUT2D eigenvalue weighted by Crippen LogP contribution is -2.27. The molecule has 5 heteroatoms. The molecule has 3 rings (SSSR count). The van der Waals surface area contributed by atoms with E-state index in [1.165, 1.54) is 19.3 Å². The smallest absolute Gasteiger partial charge is 0.269 e. The Labute approximate surface area is 173 Å². The van der Waals surface area contributed by atoms with Crippen LogP contribution in [0, 0.1) is 5.92 Å². The number of unbranched alkanes of at least 4 members (excludes halogenated alkanes) is 1. The molecule has 0 radical (unpaired) electrons. The predicted molar refractivity (Wildman–Crippen MR) is 115 cm³/mol. The van der Waals surface area contributed by atoms with E-state index in [4.69, 9.17) is 0 Å². The van der Waals surface area contributed by atoms with Crippen molar-refractivity contribution in [3.05, 3.63) is 65.0 Å². The second kappa shape index (κ2) is 10.9. The van der Waals surface area contributed by atoms with Gasteiger partial charge in [-0.3, -0.25) is 9.59 Å². The highest BCUT2D eigenvalue weighted by atomic mass is 16.1. The highest BCUT2D eigenvalue weighted by Crippen LogP contribution is 2.20. The average molecular weight is 394 g/mol. The number of aromatic nitrogens is 1. The number of hydrogen-bond acceptors (Lipinski definition) is 4. The molecule has 1 aromatic heterocycles. The van der Waals surface area contributed by atoms with Gasteiger partial charge >= 0.3 is 0 Å². The molecule has 1 aliphatic rings. The molecule has 0 unspecified atom stereocenters. The van der Waals surface area contributed by atoms with Crippen molar-refractivity contribution in [1.29, 1.82) is 0 Å². The van der Waals surface area contributed by atoms with Gasteiger partial charge in [0.15, 0.2) is 5.78 Å². The molecule has 0 aliphatic carbocycles. The lowest BCUT2D eigenvalue weighted by atomic mass is 9.91. The number of amides is 1. The van der Waals surface area contributed by atoms with Crippen LogP contribution in [-0.2, 0) is 6.42 Å². The number of nitrogens with zero attached hydrogens (tertiary/aromatic N) is 1. The fraction of sp³-hybridized carbons (Fsp3) is 0.458. The van der Waals surface area contributed by atoms with Crippen LogP contribution in [0.15, 0.2) is 42.5 Å². The Hall–Kier alpha value is -2.53. The first kappa shape index (κ1) is 21.2. The van der Waals surface area contributed by atoms with Gasteiger partial charge in [-0.25, -0.2) is 4.98 Å². The number of carbonyl (C=O) groups excluding carboxylic acids is 2. The van der Waals surface area contributed by atoms with E-state index >= 15 is 0 Å². The van der Waals surface area contributed by atoms with Crippen LogP contribution in [0.25, 0.3) is 0 Å². The number of Topliss-reactive ketones (excluding diaryl/α,β-unsaturated/α-hetero) is 1. The van der Waals surface area contributed by atoms with Crippen LogP contribution in [-0.4, -0.2) is 36.8 Å². The summed E-state index contributed by atoms with van der Waals surface area (Å²) in [5.41, 5.74) is 2.75. The van der Waals surface area contributed by atoms with Crippen LogP contribution in [0.3, 0.4) is 0 Å². The predicted octanol–water partition coefficient (Wildman–Crippen LogP) is 3.77. The average Bonchev–Trinajstić information content (AvgIpc) is 2.77. The monoisotopic (exact) mass is 393 g/mol. The highest BCUT2D eigenvalue weighted by molar-refractivity contribution is 5.99. The van der Waals surface area contributed by atoms with Crippen LogP contribution in [0.1, 0.15) is 70.6 Å². The van der Waals surface area contributed by atoms with Crippen LogP contribution < -0.4 is 10.6 Å². The van der Waals surface area contributed by atoms with Crippen molar-refractivity contribution >= 4 is 11.7 Å². The van der Waals surface area contributed by atoms with Gasteiger partial charge in [0, 0.05) is 31.1 Å². The molecule has 2 heterocycles. The van der Waals surface area contributed by atoms with Gasteiger partial charge in [0.05, 0.1) is 0 Å². The van der Waals surface area contributed by atoms with Gasteiger partial charge < -0.3 is 10.6 Å². The van der Waals surface area contributed by atoms with Crippen LogP contribution >= 0.6 is 0 Å². The quantitative estimate of drug-likeness (QED) is 0.502. The van der Waals surface area contributed by atoms with Crippen molar-refractivity contribution in [1.82, 2.24) is 15.6 Å². The van der Waals surface area contributed by atoms with E-state index in [-0.39, 0.29) is 11.7 Å². The minimum absolute atomic E-state index is 0.0946. The van der Waals surface area contributed by atoms with E-state index < -0.39 is 0 Å². The maximum Gasteiger partial charge on any atom is 0.269 e. The SMILES string of the molecule is CNC(=O)c1cc(C(=O)CCCCC2CCNCC2)cc(Cc2ccccc2)n1. The lowest BCUT2D eigenvalue weighted by molar-refractivity contribution is 0.0958. The first-order chi connectivity index (χ1) is 14.2. The van der Waals surface area contributed by atoms with E-state index in [0.29, 0.717) is 24.1 Å². The Morgan fingerprint density at radius 3 is 2.59 bits per heavy atom. The third-order valence-electron chi connectivity index (χ3n) is 5.61. The van der Waals surface area contributed by atoms with Gasteiger partial charge in [0.25, 0.3) is 5.91 Å². The summed E-state index contributed by atoms with van der Waals surface area (Å²) < 4.78 is 0. The standard InChI is InChI=1S/C24H31N3O2/c1-25-24(29)22-17-20(16-21(27-22)15-19-8-3-2-4-9-19)23(28)10-6-5-7-18-11-13-26-14-12-18/h2-4,8-9,16-18,26H,5-7,10-15H2,1H3,(H,25,29). The number of benzene rings is 1. The molecule has 1 amide bonds. The minimum Gasteiger partial charge on any atom is -0.354 e. The lowest BCUT2D eigenvalue weighted by Gasteiger charge is -2.22. The van der Waals surface area contributed by atoms with Gasteiger partial charge in [-0.05, 0) is 56.0 Å². The summed E-state index contributed by atoms with van der Waals surface area (Å²) in [6.45, 7) is 2.24. The number of nitrogens with one attached hydrogen (secondary N) is 2. The van der Waals surface area contributed by atoms with Crippen LogP contribution in [0.4, 0.5) is 0 Å². The fourth-order valence-corrected chi connectivity index (χ4v) is 3.92. The number of ketones is 1. The van der Waals surface area contributed by atoms with Gasteiger partial charge in [0.2, 0.25) is 0 Å². The summed E-state index contributed by atoms with van der Waals surface area (Å²) in [5.74, 6) is 0.627. The summed E-state index contributed by atoms with van der Waals surface area (Å²) in [4.78, 5) is 29.4. The summed E-state index contributed by atoms with van der Waals surface area (Å²) in [7, 11) is 1.58. The normalized spacial score (nSPS) is 14.5. The molecule has 0 saturated carbocycles. The number of carbonyl (C=O) groups is 2. The van der Waals surface area contributed by atoms with E-state index in [2.05, 4.69) is 15.6 Å². The zero-order valence-electron chi connectivity index (χ0n) is 17.2. The summed E-state index contributed by atoms with van der Waals surface area (Å²) in [6.07, 6.45) is 6.80. The third-order valence-corrected chi connectivity index (χ3v) is 5.61. The number of rotatable bonds is 9. The molecule has 1 aliphatic heterocycles. The molecule has 1 fully saturated rings. The summed E-state index contributed by atoms with van der Waals surface area (Å²) in [6, 6.07) is 13.4. The fourth-order valence-electron chi connectivity index (χ4n) is 3.92. The van der Waals surface area contributed by atoms with Crippen molar-refractivity contribution in [2.24, 2.45) is 5.92 Å². The van der Waals surface area contributed by atoms with E-state index in [1.807, 2.05) is 36.4 Å². The van der Waals surface area contributed by atoms with Crippen molar-refractivity contribution < 1.29 is 9.59 Å². The number of hydrogen-bond donors (Lipinski definition) is 2. The second-order valence-corrected chi connectivity index (χ2v) is 7.84. The van der Waals surface area contributed by atoms with Crippen LogP contribution in [0.5, 0.6) is 0 Å². The van der Waals surface area contributed by atoms with E-state index in [9.17, 15) is 9.59 Å².